The number of anilines is 1. The SMILES string of the molecule is O=P(O)(O)C(Nc1ncccc1COc1ccccc1)P(=O)(O)O. The van der Waals surface area contributed by atoms with E-state index in [0.717, 1.165) is 0 Å². The normalized spacial score (nSPS) is 12.2. The molecule has 0 saturated carbocycles. The summed E-state index contributed by atoms with van der Waals surface area (Å²) in [6, 6.07) is 11.9. The summed E-state index contributed by atoms with van der Waals surface area (Å²) in [5.74, 6) is 0.485. The highest BCUT2D eigenvalue weighted by atomic mass is 31.2. The third-order valence-electron chi connectivity index (χ3n) is 2.93. The molecule has 2 aromatic rings. The van der Waals surface area contributed by atoms with Crippen LogP contribution in [-0.2, 0) is 15.7 Å². The van der Waals surface area contributed by atoms with Crippen molar-refractivity contribution in [1.82, 2.24) is 4.98 Å². The summed E-state index contributed by atoms with van der Waals surface area (Å²) in [5, 5.41) is 2.15. The Morgan fingerprint density at radius 2 is 1.62 bits per heavy atom. The lowest BCUT2D eigenvalue weighted by molar-refractivity contribution is 0.306. The van der Waals surface area contributed by atoms with Crippen LogP contribution in [0.15, 0.2) is 48.7 Å². The van der Waals surface area contributed by atoms with Crippen LogP contribution in [0.2, 0.25) is 0 Å². The molecule has 0 amide bonds. The Balaban J connectivity index is 2.22. The van der Waals surface area contributed by atoms with Crippen LogP contribution in [0.25, 0.3) is 0 Å². The monoisotopic (exact) mass is 374 g/mol. The molecule has 0 unspecified atom stereocenters. The highest BCUT2D eigenvalue weighted by Gasteiger charge is 2.44. The highest BCUT2D eigenvalue weighted by molar-refractivity contribution is 7.71. The lowest BCUT2D eigenvalue weighted by Gasteiger charge is -2.22. The second kappa shape index (κ2) is 7.44. The van der Waals surface area contributed by atoms with Crippen molar-refractivity contribution in [2.24, 2.45) is 0 Å². The molecule has 0 spiro atoms. The van der Waals surface area contributed by atoms with Gasteiger partial charge in [-0.05, 0) is 18.2 Å². The van der Waals surface area contributed by atoms with E-state index in [1.165, 1.54) is 6.20 Å². The van der Waals surface area contributed by atoms with E-state index in [4.69, 9.17) is 4.74 Å². The predicted molar refractivity (Wildman–Crippen MR) is 86.5 cm³/mol. The van der Waals surface area contributed by atoms with Gasteiger partial charge in [0.2, 0.25) is 5.52 Å². The van der Waals surface area contributed by atoms with Crippen LogP contribution in [0.4, 0.5) is 5.82 Å². The van der Waals surface area contributed by atoms with Gasteiger partial charge in [-0.2, -0.15) is 0 Å². The fourth-order valence-corrected chi connectivity index (χ4v) is 4.00. The second-order valence-corrected chi connectivity index (χ2v) is 8.61. The Morgan fingerprint density at radius 3 is 2.21 bits per heavy atom. The van der Waals surface area contributed by atoms with Gasteiger partial charge in [-0.15, -0.1) is 0 Å². The number of nitrogens with zero attached hydrogens (tertiary/aromatic N) is 1. The lowest BCUT2D eigenvalue weighted by atomic mass is 10.2. The minimum Gasteiger partial charge on any atom is -0.489 e. The molecule has 0 fully saturated rings. The third-order valence-corrected chi connectivity index (χ3v) is 6.27. The first-order chi connectivity index (χ1) is 11.2. The van der Waals surface area contributed by atoms with E-state index < -0.39 is 20.7 Å². The number of nitrogens with one attached hydrogen (secondary N) is 1. The largest absolute Gasteiger partial charge is 0.489 e. The Bertz CT molecular complexity index is 753. The van der Waals surface area contributed by atoms with Crippen LogP contribution >= 0.6 is 15.2 Å². The van der Waals surface area contributed by atoms with Gasteiger partial charge < -0.3 is 29.6 Å². The van der Waals surface area contributed by atoms with Crippen molar-refractivity contribution in [1.29, 1.82) is 0 Å². The van der Waals surface area contributed by atoms with Gasteiger partial charge in [0.25, 0.3) is 0 Å². The van der Waals surface area contributed by atoms with E-state index in [1.807, 2.05) is 6.07 Å². The predicted octanol–water partition coefficient (Wildman–Crippen LogP) is 1.71. The summed E-state index contributed by atoms with van der Waals surface area (Å²) in [6.07, 6.45) is 1.32. The van der Waals surface area contributed by atoms with Crippen molar-refractivity contribution in [2.75, 3.05) is 5.32 Å². The third kappa shape index (κ3) is 5.14. The summed E-state index contributed by atoms with van der Waals surface area (Å²) in [7, 11) is -10.2. The van der Waals surface area contributed by atoms with Crippen LogP contribution in [0.5, 0.6) is 5.75 Å². The minimum atomic E-state index is -5.11. The van der Waals surface area contributed by atoms with E-state index in [-0.39, 0.29) is 12.4 Å². The zero-order valence-corrected chi connectivity index (χ0v) is 14.0. The van der Waals surface area contributed by atoms with E-state index in [2.05, 4.69) is 10.3 Å². The first kappa shape index (κ1) is 18.6. The summed E-state index contributed by atoms with van der Waals surface area (Å²) < 4.78 is 28.2. The fourth-order valence-electron chi connectivity index (χ4n) is 1.85. The average Bonchev–Trinajstić information content (AvgIpc) is 2.50. The molecule has 11 heteroatoms. The second-order valence-electron chi connectivity index (χ2n) is 4.81. The summed E-state index contributed by atoms with van der Waals surface area (Å²) in [6.45, 7) is -0.00474. The van der Waals surface area contributed by atoms with Gasteiger partial charge in [-0.1, -0.05) is 24.3 Å². The van der Waals surface area contributed by atoms with Crippen molar-refractivity contribution in [2.45, 2.75) is 12.1 Å². The van der Waals surface area contributed by atoms with Crippen molar-refractivity contribution in [3.63, 3.8) is 0 Å². The maximum atomic E-state index is 11.4. The van der Waals surface area contributed by atoms with Crippen molar-refractivity contribution < 1.29 is 33.4 Å². The average molecular weight is 374 g/mol. The molecule has 0 aliphatic carbocycles. The molecule has 0 atom stereocenters. The molecular formula is C13H16N2O7P2. The lowest BCUT2D eigenvalue weighted by Crippen LogP contribution is -2.21. The molecule has 9 nitrogen and oxygen atoms in total. The summed E-state index contributed by atoms with van der Waals surface area (Å²) in [5.41, 5.74) is -2.00. The van der Waals surface area contributed by atoms with E-state index in [0.29, 0.717) is 11.3 Å². The fraction of sp³-hybridized carbons (Fsp3) is 0.154. The molecular weight excluding hydrogens is 358 g/mol. The molecule has 1 aromatic heterocycles. The number of hydrogen-bond donors (Lipinski definition) is 5. The molecule has 0 aliphatic heterocycles. The Labute approximate surface area is 137 Å². The number of aromatic nitrogens is 1. The van der Waals surface area contributed by atoms with Gasteiger partial charge in [0.05, 0.1) is 0 Å². The molecule has 130 valence electrons. The Kier molecular flexibility index (Phi) is 5.77. The molecule has 1 aromatic carbocycles. The first-order valence-electron chi connectivity index (χ1n) is 6.66. The quantitative estimate of drug-likeness (QED) is 0.457. The number of pyridine rings is 1. The van der Waals surface area contributed by atoms with Crippen LogP contribution < -0.4 is 10.1 Å². The van der Waals surface area contributed by atoms with Gasteiger partial charge in [0.1, 0.15) is 18.2 Å². The van der Waals surface area contributed by atoms with E-state index >= 15 is 0 Å². The van der Waals surface area contributed by atoms with Crippen LogP contribution in [-0.4, -0.2) is 30.1 Å². The van der Waals surface area contributed by atoms with Crippen LogP contribution in [0.3, 0.4) is 0 Å². The number of ether oxygens (including phenoxy) is 1. The molecule has 0 radical (unpaired) electrons. The minimum absolute atomic E-state index is 0.00474. The maximum absolute atomic E-state index is 11.4. The molecule has 2 rings (SSSR count). The number of benzene rings is 1. The Morgan fingerprint density at radius 1 is 1.00 bits per heavy atom. The van der Waals surface area contributed by atoms with Gasteiger partial charge in [0.15, 0.2) is 0 Å². The maximum Gasteiger partial charge on any atom is 0.360 e. The van der Waals surface area contributed by atoms with E-state index in [1.54, 1.807) is 36.4 Å². The van der Waals surface area contributed by atoms with Gasteiger partial charge in [-0.3, -0.25) is 9.13 Å². The zero-order valence-electron chi connectivity index (χ0n) is 12.3. The Hall–Kier alpha value is -1.73. The molecule has 0 saturated heterocycles. The zero-order chi connectivity index (χ0) is 17.8. The molecule has 5 N–H and O–H groups in total. The molecule has 24 heavy (non-hydrogen) atoms. The standard InChI is InChI=1S/C13H16N2O7P2/c16-23(17,18)13(24(19,20)21)15-12-10(5-4-8-14-12)9-22-11-6-2-1-3-7-11/h1-8,13H,9H2,(H,14,15)(H2,16,17,18)(H2,19,20,21). The summed E-state index contributed by atoms with van der Waals surface area (Å²) >= 11 is 0. The van der Waals surface area contributed by atoms with Crippen molar-refractivity contribution in [3.8, 4) is 5.75 Å². The van der Waals surface area contributed by atoms with Crippen molar-refractivity contribution >= 4 is 21.0 Å². The number of hydrogen-bond acceptors (Lipinski definition) is 5. The van der Waals surface area contributed by atoms with Gasteiger partial charge in [-0.25, -0.2) is 4.98 Å². The number of rotatable bonds is 7. The molecule has 1 heterocycles. The van der Waals surface area contributed by atoms with Crippen molar-refractivity contribution in [3.05, 3.63) is 54.2 Å². The highest BCUT2D eigenvalue weighted by Crippen LogP contribution is 2.59. The smallest absolute Gasteiger partial charge is 0.360 e. The van der Waals surface area contributed by atoms with Crippen LogP contribution in [0.1, 0.15) is 5.56 Å². The molecule has 0 aliphatic rings. The molecule has 0 bridgehead atoms. The van der Waals surface area contributed by atoms with Crippen LogP contribution in [0, 0.1) is 0 Å². The van der Waals surface area contributed by atoms with Gasteiger partial charge >= 0.3 is 15.2 Å². The van der Waals surface area contributed by atoms with E-state index in [9.17, 15) is 28.7 Å². The summed E-state index contributed by atoms with van der Waals surface area (Å²) in [4.78, 5) is 40.6. The first-order valence-corrected chi connectivity index (χ1v) is 10.0. The number of para-hydroxylation sites is 1. The van der Waals surface area contributed by atoms with Gasteiger partial charge in [0, 0.05) is 11.8 Å². The topological polar surface area (TPSA) is 149 Å².